The van der Waals surface area contributed by atoms with E-state index in [-0.39, 0.29) is 12.1 Å². The average molecular weight is 354 g/mol. The molecule has 1 aromatic carbocycles. The van der Waals surface area contributed by atoms with Crippen molar-refractivity contribution < 1.29 is 14.3 Å². The van der Waals surface area contributed by atoms with Gasteiger partial charge in [0, 0.05) is 11.7 Å². The fourth-order valence-corrected chi connectivity index (χ4v) is 3.74. The zero-order valence-corrected chi connectivity index (χ0v) is 15.6. The molecule has 0 bridgehead atoms. The van der Waals surface area contributed by atoms with Crippen LogP contribution in [0.4, 0.5) is 10.6 Å². The molecular weight excluding hydrogens is 328 g/mol. The van der Waals surface area contributed by atoms with Crippen molar-refractivity contribution in [2.24, 2.45) is 0 Å². The number of nitrogens with one attached hydrogen (secondary N) is 1. The van der Waals surface area contributed by atoms with E-state index in [4.69, 9.17) is 9.47 Å². The lowest BCUT2D eigenvalue weighted by Crippen LogP contribution is -2.25. The fourth-order valence-electron chi connectivity index (χ4n) is 3.74. The third-order valence-corrected chi connectivity index (χ3v) is 5.20. The third kappa shape index (κ3) is 3.63. The fraction of sp³-hybridized carbons (Fsp3) is 0.476. The molecule has 4 rings (SSSR count). The molecule has 138 valence electrons. The van der Waals surface area contributed by atoms with Crippen molar-refractivity contribution in [2.75, 3.05) is 5.32 Å². The molecule has 1 aromatic heterocycles. The molecule has 2 aromatic rings. The van der Waals surface area contributed by atoms with Gasteiger partial charge in [0.05, 0.1) is 12.2 Å². The molecule has 5 heteroatoms. The van der Waals surface area contributed by atoms with Crippen LogP contribution in [0.1, 0.15) is 50.7 Å². The lowest BCUT2D eigenvalue weighted by Gasteiger charge is -2.24. The topological polar surface area (TPSA) is 55.8 Å². The van der Waals surface area contributed by atoms with E-state index in [1.54, 1.807) is 0 Å². The van der Waals surface area contributed by atoms with Gasteiger partial charge in [-0.3, -0.25) is 5.32 Å². The van der Waals surface area contributed by atoms with Crippen LogP contribution in [0.25, 0.3) is 0 Å². The highest BCUT2D eigenvalue weighted by molar-refractivity contribution is 5.83. The molecule has 1 N–H and O–H groups in total. The SMILES string of the molecule is CC(C)(C)n1cc(C2CC3OC3C2)cc1NC(=O)OCc1ccccc1. The van der Waals surface area contributed by atoms with Crippen molar-refractivity contribution in [2.45, 2.75) is 63.9 Å². The number of anilines is 1. The van der Waals surface area contributed by atoms with Gasteiger partial charge >= 0.3 is 6.09 Å². The minimum Gasteiger partial charge on any atom is -0.444 e. The van der Waals surface area contributed by atoms with Crippen LogP contribution in [0.3, 0.4) is 0 Å². The van der Waals surface area contributed by atoms with Gasteiger partial charge in [0.2, 0.25) is 0 Å². The molecule has 2 heterocycles. The molecule has 0 radical (unpaired) electrons. The number of carbonyl (C=O) groups is 1. The summed E-state index contributed by atoms with van der Waals surface area (Å²) in [5.74, 6) is 1.30. The standard InChI is InChI=1S/C21H26N2O3/c1-21(2,3)23-12-16(15-9-17-18(10-15)26-17)11-19(23)22-20(24)25-13-14-7-5-4-6-8-14/h4-8,11-12,15,17-18H,9-10,13H2,1-3H3,(H,22,24). The van der Waals surface area contributed by atoms with Crippen LogP contribution in [-0.4, -0.2) is 22.9 Å². The maximum absolute atomic E-state index is 12.3. The Kier molecular flexibility index (Phi) is 4.27. The monoisotopic (exact) mass is 354 g/mol. The molecule has 0 spiro atoms. The van der Waals surface area contributed by atoms with Crippen LogP contribution >= 0.6 is 0 Å². The lowest BCUT2D eigenvalue weighted by molar-refractivity contribution is 0.155. The Morgan fingerprint density at radius 3 is 2.58 bits per heavy atom. The maximum Gasteiger partial charge on any atom is 0.413 e. The quantitative estimate of drug-likeness (QED) is 0.814. The molecule has 1 aliphatic carbocycles. The summed E-state index contributed by atoms with van der Waals surface area (Å²) in [7, 11) is 0. The molecule has 1 aliphatic heterocycles. The molecule has 26 heavy (non-hydrogen) atoms. The minimum absolute atomic E-state index is 0.127. The van der Waals surface area contributed by atoms with E-state index in [1.165, 1.54) is 5.56 Å². The van der Waals surface area contributed by atoms with E-state index in [2.05, 4.69) is 42.9 Å². The first-order valence-corrected chi connectivity index (χ1v) is 9.26. The number of benzene rings is 1. The number of hydrogen-bond acceptors (Lipinski definition) is 3. The minimum atomic E-state index is -0.429. The normalized spacial score (nSPS) is 24.2. The highest BCUT2D eigenvalue weighted by Gasteiger charge is 2.48. The first kappa shape index (κ1) is 17.2. The van der Waals surface area contributed by atoms with Gasteiger partial charge in [-0.1, -0.05) is 30.3 Å². The Morgan fingerprint density at radius 1 is 1.23 bits per heavy atom. The zero-order valence-electron chi connectivity index (χ0n) is 15.6. The maximum atomic E-state index is 12.3. The summed E-state index contributed by atoms with van der Waals surface area (Å²) in [5, 5.41) is 2.92. The number of amides is 1. The number of ether oxygens (including phenoxy) is 2. The van der Waals surface area contributed by atoms with Crippen molar-refractivity contribution in [3.8, 4) is 0 Å². The number of aromatic nitrogens is 1. The second kappa shape index (κ2) is 6.47. The van der Waals surface area contributed by atoms with E-state index in [0.29, 0.717) is 18.1 Å². The second-order valence-corrected chi connectivity index (χ2v) is 8.27. The first-order chi connectivity index (χ1) is 12.4. The van der Waals surface area contributed by atoms with E-state index >= 15 is 0 Å². The van der Waals surface area contributed by atoms with Gasteiger partial charge in [-0.25, -0.2) is 4.79 Å². The Hall–Kier alpha value is -2.27. The summed E-state index contributed by atoms with van der Waals surface area (Å²) >= 11 is 0. The Labute approximate surface area is 154 Å². The molecule has 1 amide bonds. The smallest absolute Gasteiger partial charge is 0.413 e. The van der Waals surface area contributed by atoms with Crippen LogP contribution in [0, 0.1) is 0 Å². The number of epoxide rings is 1. The van der Waals surface area contributed by atoms with E-state index in [1.807, 2.05) is 30.3 Å². The van der Waals surface area contributed by atoms with Gasteiger partial charge in [-0.2, -0.15) is 0 Å². The Balaban J connectivity index is 1.45. The molecule has 1 saturated carbocycles. The molecule has 2 aliphatic rings. The van der Waals surface area contributed by atoms with Crippen LogP contribution in [0.2, 0.25) is 0 Å². The second-order valence-electron chi connectivity index (χ2n) is 8.27. The van der Waals surface area contributed by atoms with Crippen LogP contribution < -0.4 is 5.32 Å². The summed E-state index contributed by atoms with van der Waals surface area (Å²) in [6.07, 6.45) is 4.80. The highest BCUT2D eigenvalue weighted by atomic mass is 16.6. The Bertz CT molecular complexity index is 781. The molecule has 2 atom stereocenters. The summed E-state index contributed by atoms with van der Waals surface area (Å²) in [6.45, 7) is 6.66. The molecule has 5 nitrogen and oxygen atoms in total. The van der Waals surface area contributed by atoms with E-state index in [0.717, 1.165) is 24.2 Å². The van der Waals surface area contributed by atoms with Gasteiger partial charge in [0.1, 0.15) is 12.4 Å². The van der Waals surface area contributed by atoms with Gasteiger partial charge in [0.15, 0.2) is 0 Å². The molecule has 1 saturated heterocycles. The molecule has 2 fully saturated rings. The van der Waals surface area contributed by atoms with Crippen molar-refractivity contribution in [3.05, 3.63) is 53.7 Å². The zero-order chi connectivity index (χ0) is 18.3. The number of nitrogens with zero attached hydrogens (tertiary/aromatic N) is 1. The summed E-state index contributed by atoms with van der Waals surface area (Å²) < 4.78 is 13.0. The van der Waals surface area contributed by atoms with E-state index < -0.39 is 6.09 Å². The van der Waals surface area contributed by atoms with Crippen molar-refractivity contribution >= 4 is 11.9 Å². The number of rotatable bonds is 4. The van der Waals surface area contributed by atoms with Crippen LogP contribution in [-0.2, 0) is 21.6 Å². The predicted octanol–water partition coefficient (Wildman–Crippen LogP) is 4.64. The number of fused-ring (bicyclic) bond motifs is 1. The van der Waals surface area contributed by atoms with Crippen molar-refractivity contribution in [3.63, 3.8) is 0 Å². The summed E-state index contributed by atoms with van der Waals surface area (Å²) in [5.41, 5.74) is 2.12. The van der Waals surface area contributed by atoms with E-state index in [9.17, 15) is 4.79 Å². The first-order valence-electron chi connectivity index (χ1n) is 9.26. The largest absolute Gasteiger partial charge is 0.444 e. The van der Waals surface area contributed by atoms with Gasteiger partial charge in [-0.15, -0.1) is 0 Å². The van der Waals surface area contributed by atoms with Gasteiger partial charge in [0.25, 0.3) is 0 Å². The van der Waals surface area contributed by atoms with Crippen LogP contribution in [0.5, 0.6) is 0 Å². The lowest BCUT2D eigenvalue weighted by atomic mass is 10.00. The predicted molar refractivity (Wildman–Crippen MR) is 100 cm³/mol. The average Bonchev–Trinajstić information content (AvgIpc) is 3.02. The van der Waals surface area contributed by atoms with Crippen molar-refractivity contribution in [1.82, 2.24) is 4.57 Å². The number of hydrogen-bond donors (Lipinski definition) is 1. The third-order valence-electron chi connectivity index (χ3n) is 5.20. The van der Waals surface area contributed by atoms with Crippen LogP contribution in [0.15, 0.2) is 42.6 Å². The van der Waals surface area contributed by atoms with Gasteiger partial charge < -0.3 is 14.0 Å². The van der Waals surface area contributed by atoms with Crippen molar-refractivity contribution in [1.29, 1.82) is 0 Å². The summed E-state index contributed by atoms with van der Waals surface area (Å²) in [4.78, 5) is 12.3. The number of carbonyl (C=O) groups excluding carboxylic acids is 1. The molecule has 2 unspecified atom stereocenters. The Morgan fingerprint density at radius 2 is 1.92 bits per heavy atom. The summed E-state index contributed by atoms with van der Waals surface area (Å²) in [6, 6.07) is 11.8. The van der Waals surface area contributed by atoms with Gasteiger partial charge in [-0.05, 0) is 56.7 Å². The molecular formula is C21H26N2O3. The highest BCUT2D eigenvalue weighted by Crippen LogP contribution is 2.47.